The SMILES string of the molecule is O=c1c(-c2c(F)cccc2F)c(O)[n+](Cc2ccc(Cl)nc2)c2ccccn12. The van der Waals surface area contributed by atoms with Gasteiger partial charge in [0.15, 0.2) is 5.56 Å². The zero-order valence-electron chi connectivity index (χ0n) is 14.3. The molecule has 0 aliphatic carbocycles. The summed E-state index contributed by atoms with van der Waals surface area (Å²) in [5.41, 5.74) is -0.746. The van der Waals surface area contributed by atoms with Crippen LogP contribution in [-0.4, -0.2) is 14.5 Å². The van der Waals surface area contributed by atoms with Crippen LogP contribution < -0.4 is 10.1 Å². The van der Waals surface area contributed by atoms with E-state index in [1.54, 1.807) is 30.3 Å². The normalized spacial score (nSPS) is 11.1. The molecule has 0 spiro atoms. The molecule has 3 aromatic heterocycles. The Morgan fingerprint density at radius 1 is 1.04 bits per heavy atom. The van der Waals surface area contributed by atoms with Crippen LogP contribution in [-0.2, 0) is 6.54 Å². The van der Waals surface area contributed by atoms with Gasteiger partial charge in [-0.1, -0.05) is 29.8 Å². The lowest BCUT2D eigenvalue weighted by Crippen LogP contribution is -2.41. The van der Waals surface area contributed by atoms with Crippen LogP contribution in [0.5, 0.6) is 5.88 Å². The maximum Gasteiger partial charge on any atom is 0.354 e. The lowest BCUT2D eigenvalue weighted by atomic mass is 10.1. The maximum absolute atomic E-state index is 14.4. The molecule has 3 heterocycles. The molecule has 4 rings (SSSR count). The van der Waals surface area contributed by atoms with E-state index in [4.69, 9.17) is 11.6 Å². The average Bonchev–Trinajstić information content (AvgIpc) is 2.69. The fourth-order valence-electron chi connectivity index (χ4n) is 3.08. The third kappa shape index (κ3) is 2.99. The number of aromatic nitrogens is 3. The first-order valence-corrected chi connectivity index (χ1v) is 8.66. The van der Waals surface area contributed by atoms with E-state index in [2.05, 4.69) is 4.98 Å². The lowest BCUT2D eigenvalue weighted by Gasteiger charge is -2.11. The second kappa shape index (κ2) is 7.01. The number of hydrogen-bond acceptors (Lipinski definition) is 3. The summed E-state index contributed by atoms with van der Waals surface area (Å²) in [5.74, 6) is -2.43. The molecule has 28 heavy (non-hydrogen) atoms. The summed E-state index contributed by atoms with van der Waals surface area (Å²) >= 11 is 5.81. The Morgan fingerprint density at radius 3 is 2.46 bits per heavy atom. The molecule has 0 saturated carbocycles. The fraction of sp³-hybridized carbons (Fsp3) is 0.0500. The Balaban J connectivity index is 2.05. The van der Waals surface area contributed by atoms with E-state index in [9.17, 15) is 18.7 Å². The van der Waals surface area contributed by atoms with Crippen molar-refractivity contribution in [3.8, 4) is 17.0 Å². The zero-order chi connectivity index (χ0) is 19.8. The number of pyridine rings is 2. The van der Waals surface area contributed by atoms with Crippen molar-refractivity contribution < 1.29 is 18.5 Å². The van der Waals surface area contributed by atoms with Crippen LogP contribution in [0.4, 0.5) is 8.78 Å². The fourth-order valence-corrected chi connectivity index (χ4v) is 3.19. The highest BCUT2D eigenvalue weighted by Gasteiger charge is 2.28. The minimum atomic E-state index is -0.942. The van der Waals surface area contributed by atoms with Gasteiger partial charge in [0.2, 0.25) is 0 Å². The lowest BCUT2D eigenvalue weighted by molar-refractivity contribution is -0.671. The van der Waals surface area contributed by atoms with Gasteiger partial charge < -0.3 is 5.11 Å². The minimum Gasteiger partial charge on any atom is -0.477 e. The summed E-state index contributed by atoms with van der Waals surface area (Å²) < 4.78 is 31.3. The molecule has 4 aromatic rings. The van der Waals surface area contributed by atoms with Gasteiger partial charge in [0, 0.05) is 17.8 Å². The van der Waals surface area contributed by atoms with Crippen molar-refractivity contribution in [3.63, 3.8) is 0 Å². The molecule has 0 saturated heterocycles. The summed E-state index contributed by atoms with van der Waals surface area (Å²) in [6.45, 7) is 0.104. The molecule has 0 bridgehead atoms. The number of aromatic hydroxyl groups is 1. The first-order valence-electron chi connectivity index (χ1n) is 8.28. The van der Waals surface area contributed by atoms with Crippen LogP contribution in [0.15, 0.2) is 65.7 Å². The molecule has 0 fully saturated rings. The van der Waals surface area contributed by atoms with E-state index in [1.807, 2.05) is 0 Å². The van der Waals surface area contributed by atoms with Crippen molar-refractivity contribution in [2.24, 2.45) is 0 Å². The monoisotopic (exact) mass is 400 g/mol. The zero-order valence-corrected chi connectivity index (χ0v) is 15.1. The molecule has 0 atom stereocenters. The van der Waals surface area contributed by atoms with Crippen LogP contribution in [0, 0.1) is 11.6 Å². The number of hydrogen-bond donors (Lipinski definition) is 1. The summed E-state index contributed by atoms with van der Waals surface area (Å²) in [7, 11) is 0. The molecular weight excluding hydrogens is 388 g/mol. The summed E-state index contributed by atoms with van der Waals surface area (Å²) in [5, 5.41) is 11.2. The van der Waals surface area contributed by atoms with Gasteiger partial charge in [-0.15, -0.1) is 0 Å². The van der Waals surface area contributed by atoms with Crippen molar-refractivity contribution in [1.29, 1.82) is 0 Å². The molecule has 140 valence electrons. The Bertz CT molecular complexity index is 1240. The van der Waals surface area contributed by atoms with Gasteiger partial charge in [0.25, 0.3) is 11.5 Å². The van der Waals surface area contributed by atoms with Gasteiger partial charge >= 0.3 is 5.56 Å². The Kier molecular flexibility index (Phi) is 4.52. The van der Waals surface area contributed by atoms with Gasteiger partial charge in [-0.2, -0.15) is 8.97 Å². The molecule has 0 aliphatic rings. The topological polar surface area (TPSA) is 58.5 Å². The summed E-state index contributed by atoms with van der Waals surface area (Å²) in [6, 6.07) is 11.5. The van der Waals surface area contributed by atoms with Crippen molar-refractivity contribution in [1.82, 2.24) is 9.38 Å². The third-order valence-electron chi connectivity index (χ3n) is 4.37. The second-order valence-corrected chi connectivity index (χ2v) is 6.49. The van der Waals surface area contributed by atoms with Crippen LogP contribution in [0.1, 0.15) is 5.56 Å². The first-order chi connectivity index (χ1) is 13.5. The van der Waals surface area contributed by atoms with Gasteiger partial charge in [-0.3, -0.25) is 0 Å². The number of fused-ring (bicyclic) bond motifs is 1. The minimum absolute atomic E-state index is 0.104. The van der Waals surface area contributed by atoms with Gasteiger partial charge in [-0.25, -0.2) is 18.6 Å². The highest BCUT2D eigenvalue weighted by Crippen LogP contribution is 2.28. The van der Waals surface area contributed by atoms with Crippen LogP contribution in [0.3, 0.4) is 0 Å². The highest BCUT2D eigenvalue weighted by atomic mass is 35.5. The van der Waals surface area contributed by atoms with E-state index in [0.29, 0.717) is 16.4 Å². The average molecular weight is 401 g/mol. The summed E-state index contributed by atoms with van der Waals surface area (Å²) in [6.07, 6.45) is 2.98. The number of benzene rings is 1. The standard InChI is InChI=1S/C20H12ClF2N3O2/c21-15-8-7-12(10-24-15)11-26-16-6-1-2-9-25(16)19(27)18(20(26)28)17-13(22)4-3-5-14(17)23/h1-10H,11H2/p+1. The van der Waals surface area contributed by atoms with Crippen LogP contribution in [0.2, 0.25) is 5.15 Å². The first kappa shape index (κ1) is 18.1. The molecule has 0 radical (unpaired) electrons. The van der Waals surface area contributed by atoms with E-state index >= 15 is 0 Å². The Labute approximate surface area is 162 Å². The molecule has 1 N–H and O–H groups in total. The predicted molar refractivity (Wildman–Crippen MR) is 99.2 cm³/mol. The number of nitrogens with zero attached hydrogens (tertiary/aromatic N) is 3. The predicted octanol–water partition coefficient (Wildman–Crippen LogP) is 3.33. The Hall–Kier alpha value is -3.32. The molecule has 0 aliphatic heterocycles. The van der Waals surface area contributed by atoms with Crippen molar-refractivity contribution >= 4 is 17.2 Å². The molecule has 1 aromatic carbocycles. The quantitative estimate of drug-likeness (QED) is 0.424. The van der Waals surface area contributed by atoms with Crippen LogP contribution in [0.25, 0.3) is 16.8 Å². The smallest absolute Gasteiger partial charge is 0.354 e. The van der Waals surface area contributed by atoms with Gasteiger partial charge in [-0.05, 0) is 24.3 Å². The molecular formula is C20H13ClF2N3O2+. The molecule has 0 amide bonds. The number of rotatable bonds is 3. The molecule has 0 unspecified atom stereocenters. The maximum atomic E-state index is 14.4. The van der Waals surface area contributed by atoms with Crippen molar-refractivity contribution in [3.05, 3.63) is 93.6 Å². The van der Waals surface area contributed by atoms with E-state index in [0.717, 1.165) is 12.1 Å². The second-order valence-electron chi connectivity index (χ2n) is 6.10. The van der Waals surface area contributed by atoms with E-state index in [-0.39, 0.29) is 6.54 Å². The third-order valence-corrected chi connectivity index (χ3v) is 4.59. The van der Waals surface area contributed by atoms with Crippen molar-refractivity contribution in [2.45, 2.75) is 6.54 Å². The molecule has 5 nitrogen and oxygen atoms in total. The highest BCUT2D eigenvalue weighted by molar-refractivity contribution is 6.29. The van der Waals surface area contributed by atoms with Crippen LogP contribution >= 0.6 is 11.6 Å². The largest absolute Gasteiger partial charge is 0.477 e. The van der Waals surface area contributed by atoms with Crippen molar-refractivity contribution in [2.75, 3.05) is 0 Å². The van der Waals surface area contributed by atoms with E-state index in [1.165, 1.54) is 27.4 Å². The van der Waals surface area contributed by atoms with Gasteiger partial charge in [0.1, 0.15) is 23.3 Å². The summed E-state index contributed by atoms with van der Waals surface area (Å²) in [4.78, 5) is 16.9. The molecule has 8 heteroatoms. The number of halogens is 3. The Morgan fingerprint density at radius 2 is 1.79 bits per heavy atom. The van der Waals surface area contributed by atoms with E-state index < -0.39 is 34.2 Å². The van der Waals surface area contributed by atoms with Gasteiger partial charge in [0.05, 0.1) is 11.8 Å².